The van der Waals surface area contributed by atoms with Gasteiger partial charge in [0.15, 0.2) is 0 Å². The maximum absolute atomic E-state index is 13.0. The van der Waals surface area contributed by atoms with Crippen LogP contribution in [0.5, 0.6) is 0 Å². The second kappa shape index (κ2) is 4.81. The summed E-state index contributed by atoms with van der Waals surface area (Å²) in [6.07, 6.45) is 3.09. The highest BCUT2D eigenvalue weighted by Gasteiger charge is 2.33. The van der Waals surface area contributed by atoms with Gasteiger partial charge in [0, 0.05) is 37.5 Å². The maximum Gasteiger partial charge on any atom is 0.103 e. The summed E-state index contributed by atoms with van der Waals surface area (Å²) in [5.74, 6) is 0. The average molecular weight is 218 g/mol. The van der Waals surface area contributed by atoms with E-state index in [0.29, 0.717) is 11.3 Å². The van der Waals surface area contributed by atoms with Crippen molar-refractivity contribution in [1.82, 2.24) is 10.2 Å². The van der Waals surface area contributed by atoms with Gasteiger partial charge in [0.25, 0.3) is 0 Å². The zero-order valence-electron chi connectivity index (χ0n) is 8.71. The Balaban J connectivity index is 1.88. The van der Waals surface area contributed by atoms with Crippen molar-refractivity contribution in [2.45, 2.75) is 30.3 Å². The first-order chi connectivity index (χ1) is 6.81. The number of alkyl halides is 1. The van der Waals surface area contributed by atoms with Gasteiger partial charge in [-0.25, -0.2) is 4.39 Å². The highest BCUT2D eigenvalue weighted by molar-refractivity contribution is 7.99. The van der Waals surface area contributed by atoms with E-state index < -0.39 is 6.17 Å². The van der Waals surface area contributed by atoms with E-state index in [-0.39, 0.29) is 0 Å². The first kappa shape index (κ1) is 10.7. The molecule has 2 aliphatic heterocycles. The van der Waals surface area contributed by atoms with E-state index in [9.17, 15) is 4.39 Å². The molecule has 0 aromatic carbocycles. The monoisotopic (exact) mass is 218 g/mol. The molecule has 82 valence electrons. The van der Waals surface area contributed by atoms with E-state index in [0.717, 1.165) is 39.0 Å². The second-order valence-corrected chi connectivity index (χ2v) is 5.29. The summed E-state index contributed by atoms with van der Waals surface area (Å²) >= 11 is 1.94. The van der Waals surface area contributed by atoms with Gasteiger partial charge in [-0.05, 0) is 19.1 Å². The Morgan fingerprint density at radius 1 is 1.29 bits per heavy atom. The molecule has 0 bridgehead atoms. The fraction of sp³-hybridized carbons (Fsp3) is 1.00. The van der Waals surface area contributed by atoms with Gasteiger partial charge in [-0.3, -0.25) is 4.90 Å². The van der Waals surface area contributed by atoms with Crippen molar-refractivity contribution >= 4 is 11.8 Å². The molecule has 2 fully saturated rings. The minimum atomic E-state index is -0.548. The van der Waals surface area contributed by atoms with Gasteiger partial charge in [-0.1, -0.05) is 0 Å². The van der Waals surface area contributed by atoms with Gasteiger partial charge >= 0.3 is 0 Å². The summed E-state index contributed by atoms with van der Waals surface area (Å²) in [5.41, 5.74) is 0. The van der Waals surface area contributed by atoms with Crippen molar-refractivity contribution in [2.24, 2.45) is 0 Å². The lowest BCUT2D eigenvalue weighted by Gasteiger charge is -2.35. The molecule has 0 radical (unpaired) electrons. The van der Waals surface area contributed by atoms with Crippen molar-refractivity contribution in [2.75, 3.05) is 32.4 Å². The fourth-order valence-corrected chi connectivity index (χ4v) is 3.31. The molecule has 2 atom stereocenters. The van der Waals surface area contributed by atoms with Crippen molar-refractivity contribution in [3.63, 3.8) is 0 Å². The molecule has 4 heteroatoms. The average Bonchev–Trinajstić information content (AvgIpc) is 2.67. The van der Waals surface area contributed by atoms with Crippen LogP contribution in [-0.2, 0) is 0 Å². The Kier molecular flexibility index (Phi) is 3.68. The van der Waals surface area contributed by atoms with Gasteiger partial charge in [0.1, 0.15) is 6.17 Å². The van der Waals surface area contributed by atoms with E-state index in [4.69, 9.17) is 0 Å². The Morgan fingerprint density at radius 3 is 2.64 bits per heavy atom. The molecule has 2 unspecified atom stereocenters. The molecular weight excluding hydrogens is 199 g/mol. The molecule has 0 aromatic rings. The quantitative estimate of drug-likeness (QED) is 0.748. The molecule has 0 spiro atoms. The van der Waals surface area contributed by atoms with Gasteiger partial charge in [0.2, 0.25) is 0 Å². The summed E-state index contributed by atoms with van der Waals surface area (Å²) < 4.78 is 13.0. The molecule has 2 nitrogen and oxygen atoms in total. The Bertz CT molecular complexity index is 183. The third kappa shape index (κ3) is 2.23. The number of nitrogens with zero attached hydrogens (tertiary/aromatic N) is 1. The fourth-order valence-electron chi connectivity index (χ4n) is 2.45. The predicted molar refractivity (Wildman–Crippen MR) is 59.7 cm³/mol. The van der Waals surface area contributed by atoms with Crippen LogP contribution in [0.3, 0.4) is 0 Å². The number of hydrogen-bond acceptors (Lipinski definition) is 3. The van der Waals surface area contributed by atoms with Crippen molar-refractivity contribution in [1.29, 1.82) is 0 Å². The number of rotatable bonds is 2. The molecule has 0 saturated carbocycles. The zero-order chi connectivity index (χ0) is 9.97. The second-order valence-electron chi connectivity index (χ2n) is 4.21. The summed E-state index contributed by atoms with van der Waals surface area (Å²) in [6, 6.07) is 0.637. The number of nitrogens with one attached hydrogen (secondary N) is 1. The van der Waals surface area contributed by atoms with Crippen LogP contribution in [0.4, 0.5) is 4.39 Å². The van der Waals surface area contributed by atoms with E-state index in [1.165, 1.54) is 0 Å². The van der Waals surface area contributed by atoms with E-state index >= 15 is 0 Å². The molecule has 0 amide bonds. The summed E-state index contributed by atoms with van der Waals surface area (Å²) in [4.78, 5) is 2.47. The molecule has 2 saturated heterocycles. The lowest BCUT2D eigenvalue weighted by molar-refractivity contribution is 0.120. The minimum Gasteiger partial charge on any atom is -0.314 e. The SMILES string of the molecule is CSC1CNCC1N1CCC(F)CC1. The molecule has 2 rings (SSSR count). The molecule has 2 heterocycles. The van der Waals surface area contributed by atoms with Crippen LogP contribution in [0.25, 0.3) is 0 Å². The first-order valence-corrected chi connectivity index (χ1v) is 6.71. The molecule has 14 heavy (non-hydrogen) atoms. The van der Waals surface area contributed by atoms with Crippen molar-refractivity contribution in [3.05, 3.63) is 0 Å². The highest BCUT2D eigenvalue weighted by Crippen LogP contribution is 2.24. The standard InChI is InChI=1S/C10H19FN2S/c1-14-10-7-12-6-9(10)13-4-2-8(11)3-5-13/h8-10,12H,2-7H2,1H3. The van der Waals surface area contributed by atoms with E-state index in [1.54, 1.807) is 0 Å². The Morgan fingerprint density at radius 2 is 2.00 bits per heavy atom. The van der Waals surface area contributed by atoms with Gasteiger partial charge in [-0.2, -0.15) is 11.8 Å². The summed E-state index contributed by atoms with van der Waals surface area (Å²) in [6.45, 7) is 4.10. The van der Waals surface area contributed by atoms with Crippen molar-refractivity contribution in [3.8, 4) is 0 Å². The number of likely N-dealkylation sites (tertiary alicyclic amines) is 1. The predicted octanol–water partition coefficient (Wildman–Crippen LogP) is 1.12. The number of halogens is 1. The minimum absolute atomic E-state index is 0.548. The summed E-state index contributed by atoms with van der Waals surface area (Å²) in [7, 11) is 0. The molecule has 0 aliphatic carbocycles. The molecule has 0 aromatic heterocycles. The van der Waals surface area contributed by atoms with Crippen LogP contribution in [0.1, 0.15) is 12.8 Å². The van der Waals surface area contributed by atoms with Gasteiger partial charge in [0.05, 0.1) is 0 Å². The van der Waals surface area contributed by atoms with Crippen LogP contribution in [-0.4, -0.2) is 54.8 Å². The van der Waals surface area contributed by atoms with Crippen LogP contribution in [0.15, 0.2) is 0 Å². The Hall–Kier alpha value is 0.200. The van der Waals surface area contributed by atoms with E-state index in [1.807, 2.05) is 11.8 Å². The summed E-state index contributed by atoms with van der Waals surface area (Å²) in [5, 5.41) is 4.13. The number of hydrogen-bond donors (Lipinski definition) is 1. The topological polar surface area (TPSA) is 15.3 Å². The number of thioether (sulfide) groups is 1. The van der Waals surface area contributed by atoms with Crippen LogP contribution in [0.2, 0.25) is 0 Å². The van der Waals surface area contributed by atoms with Crippen molar-refractivity contribution < 1.29 is 4.39 Å². The number of piperidine rings is 1. The third-order valence-electron chi connectivity index (χ3n) is 3.36. The molecule has 1 N–H and O–H groups in total. The molecular formula is C10H19FN2S. The van der Waals surface area contributed by atoms with E-state index in [2.05, 4.69) is 16.5 Å². The Labute approximate surface area is 89.6 Å². The van der Waals surface area contributed by atoms with Crippen LogP contribution >= 0.6 is 11.8 Å². The van der Waals surface area contributed by atoms with Gasteiger partial charge in [-0.15, -0.1) is 0 Å². The zero-order valence-corrected chi connectivity index (χ0v) is 9.52. The third-order valence-corrected chi connectivity index (χ3v) is 4.45. The largest absolute Gasteiger partial charge is 0.314 e. The smallest absolute Gasteiger partial charge is 0.103 e. The van der Waals surface area contributed by atoms with Gasteiger partial charge < -0.3 is 5.32 Å². The lowest BCUT2D eigenvalue weighted by atomic mass is 10.1. The lowest BCUT2D eigenvalue weighted by Crippen LogP contribution is -2.46. The van der Waals surface area contributed by atoms with Crippen LogP contribution < -0.4 is 5.32 Å². The maximum atomic E-state index is 13.0. The first-order valence-electron chi connectivity index (χ1n) is 5.43. The highest BCUT2D eigenvalue weighted by atomic mass is 32.2. The normalized spacial score (nSPS) is 36.4. The molecule has 2 aliphatic rings. The van der Waals surface area contributed by atoms with Crippen LogP contribution in [0, 0.1) is 0 Å².